The predicted molar refractivity (Wildman–Crippen MR) is 125 cm³/mol. The van der Waals surface area contributed by atoms with Gasteiger partial charge in [0.2, 0.25) is 5.82 Å². The highest BCUT2D eigenvalue weighted by atomic mass is 35.5. The maximum absolute atomic E-state index is 13.0. The topological polar surface area (TPSA) is 59.8 Å². The van der Waals surface area contributed by atoms with Crippen LogP contribution >= 0.6 is 11.6 Å². The number of aromatic nitrogens is 3. The van der Waals surface area contributed by atoms with Gasteiger partial charge in [-0.3, -0.25) is 4.79 Å². The van der Waals surface area contributed by atoms with Crippen molar-refractivity contribution in [3.63, 3.8) is 0 Å². The summed E-state index contributed by atoms with van der Waals surface area (Å²) in [5, 5.41) is 8.05. The number of halogens is 1. The Morgan fingerprint density at radius 3 is 2.42 bits per heavy atom. The summed E-state index contributed by atoms with van der Waals surface area (Å²) in [4.78, 5) is 17.6. The first-order chi connectivity index (χ1) is 14.8. The standard InChI is InChI=1S/C25H23ClN4O/c1-15-6-5-7-19(12-15)24-28-23(25(31)27-21-11-9-16(2)18(4)13-21)29-30(24)22-14-20(26)10-8-17(22)3/h5-14H,1-4H3,(H,27,31). The van der Waals surface area contributed by atoms with Crippen molar-refractivity contribution in [2.24, 2.45) is 0 Å². The van der Waals surface area contributed by atoms with Crippen LogP contribution in [0.1, 0.15) is 32.9 Å². The van der Waals surface area contributed by atoms with E-state index in [2.05, 4.69) is 15.4 Å². The lowest BCUT2D eigenvalue weighted by atomic mass is 10.1. The van der Waals surface area contributed by atoms with Gasteiger partial charge >= 0.3 is 0 Å². The number of nitrogens with zero attached hydrogens (tertiary/aromatic N) is 3. The van der Waals surface area contributed by atoms with Gasteiger partial charge in [0.15, 0.2) is 5.82 Å². The van der Waals surface area contributed by atoms with Gasteiger partial charge < -0.3 is 5.32 Å². The third-order valence-electron chi connectivity index (χ3n) is 5.25. The van der Waals surface area contributed by atoms with Crippen molar-refractivity contribution in [2.45, 2.75) is 27.7 Å². The zero-order valence-corrected chi connectivity index (χ0v) is 18.7. The molecule has 0 aliphatic carbocycles. The minimum absolute atomic E-state index is 0.0918. The number of nitrogens with one attached hydrogen (secondary N) is 1. The van der Waals surface area contributed by atoms with Gasteiger partial charge in [-0.05, 0) is 74.7 Å². The van der Waals surface area contributed by atoms with Crippen molar-refractivity contribution in [1.82, 2.24) is 14.8 Å². The summed E-state index contributed by atoms with van der Waals surface area (Å²) >= 11 is 6.25. The normalized spacial score (nSPS) is 10.9. The van der Waals surface area contributed by atoms with Crippen LogP contribution in [0.15, 0.2) is 60.7 Å². The molecule has 4 aromatic rings. The number of anilines is 1. The third kappa shape index (κ3) is 4.37. The molecule has 1 amide bonds. The molecule has 1 heterocycles. The lowest BCUT2D eigenvalue weighted by Gasteiger charge is -2.10. The zero-order valence-electron chi connectivity index (χ0n) is 17.9. The molecule has 0 saturated carbocycles. The van der Waals surface area contributed by atoms with Crippen molar-refractivity contribution in [3.05, 3.63) is 93.8 Å². The molecule has 0 aliphatic rings. The Kier molecular flexibility index (Phi) is 5.61. The average molecular weight is 431 g/mol. The smallest absolute Gasteiger partial charge is 0.295 e. The molecule has 3 aromatic carbocycles. The molecule has 0 saturated heterocycles. The van der Waals surface area contributed by atoms with Crippen molar-refractivity contribution in [3.8, 4) is 17.1 Å². The lowest BCUT2D eigenvalue weighted by molar-refractivity contribution is 0.101. The second-order valence-corrected chi connectivity index (χ2v) is 8.16. The first-order valence-corrected chi connectivity index (χ1v) is 10.4. The Morgan fingerprint density at radius 1 is 0.903 bits per heavy atom. The molecule has 0 aliphatic heterocycles. The number of benzene rings is 3. The Hall–Kier alpha value is -3.44. The Labute approximate surface area is 186 Å². The van der Waals surface area contributed by atoms with Crippen LogP contribution in [0.4, 0.5) is 5.69 Å². The molecule has 5 nitrogen and oxygen atoms in total. The number of amides is 1. The summed E-state index contributed by atoms with van der Waals surface area (Å²) in [5.74, 6) is 0.309. The summed E-state index contributed by atoms with van der Waals surface area (Å²) in [6.45, 7) is 8.03. The number of aryl methyl sites for hydroxylation is 4. The van der Waals surface area contributed by atoms with Crippen LogP contribution in [0.5, 0.6) is 0 Å². The van der Waals surface area contributed by atoms with Crippen LogP contribution in [0, 0.1) is 27.7 Å². The van der Waals surface area contributed by atoms with Crippen LogP contribution in [-0.4, -0.2) is 20.7 Å². The highest BCUT2D eigenvalue weighted by Gasteiger charge is 2.20. The zero-order chi connectivity index (χ0) is 22.1. The van der Waals surface area contributed by atoms with E-state index in [0.717, 1.165) is 27.9 Å². The molecule has 1 aromatic heterocycles. The minimum atomic E-state index is -0.365. The first-order valence-electron chi connectivity index (χ1n) is 10.0. The quantitative estimate of drug-likeness (QED) is 0.427. The molecule has 0 atom stereocenters. The molecule has 0 unspecified atom stereocenters. The van der Waals surface area contributed by atoms with Gasteiger partial charge in [-0.15, -0.1) is 5.10 Å². The average Bonchev–Trinajstić information content (AvgIpc) is 3.18. The first kappa shape index (κ1) is 20.8. The van der Waals surface area contributed by atoms with Gasteiger partial charge in [-0.2, -0.15) is 0 Å². The van der Waals surface area contributed by atoms with Gasteiger partial charge in [-0.25, -0.2) is 9.67 Å². The Balaban J connectivity index is 1.80. The highest BCUT2D eigenvalue weighted by Crippen LogP contribution is 2.26. The molecule has 0 spiro atoms. The van der Waals surface area contributed by atoms with E-state index in [1.54, 1.807) is 4.68 Å². The maximum Gasteiger partial charge on any atom is 0.295 e. The van der Waals surface area contributed by atoms with E-state index in [9.17, 15) is 4.79 Å². The number of carbonyl (C=O) groups excluding carboxylic acids is 1. The van der Waals surface area contributed by atoms with E-state index >= 15 is 0 Å². The monoisotopic (exact) mass is 430 g/mol. The fourth-order valence-corrected chi connectivity index (χ4v) is 3.53. The Bertz CT molecular complexity index is 1290. The van der Waals surface area contributed by atoms with Crippen molar-refractivity contribution in [2.75, 3.05) is 5.32 Å². The Morgan fingerprint density at radius 2 is 1.68 bits per heavy atom. The highest BCUT2D eigenvalue weighted by molar-refractivity contribution is 6.30. The molecule has 0 radical (unpaired) electrons. The van der Waals surface area contributed by atoms with E-state index in [1.807, 2.05) is 88.4 Å². The molecule has 0 bridgehead atoms. The second-order valence-electron chi connectivity index (χ2n) is 7.72. The SMILES string of the molecule is Cc1cccc(-c2nc(C(=O)Nc3ccc(C)c(C)c3)nn2-c2cc(Cl)ccc2C)c1. The largest absolute Gasteiger partial charge is 0.319 e. The lowest BCUT2D eigenvalue weighted by Crippen LogP contribution is -2.14. The number of rotatable bonds is 4. The maximum atomic E-state index is 13.0. The predicted octanol–water partition coefficient (Wildman–Crippen LogP) is 6.07. The van der Waals surface area contributed by atoms with Crippen LogP contribution in [0.2, 0.25) is 5.02 Å². The summed E-state index contributed by atoms with van der Waals surface area (Å²) in [6.07, 6.45) is 0. The summed E-state index contributed by atoms with van der Waals surface area (Å²) in [5.41, 5.74) is 6.70. The summed E-state index contributed by atoms with van der Waals surface area (Å²) < 4.78 is 1.69. The van der Waals surface area contributed by atoms with E-state index in [4.69, 9.17) is 11.6 Å². The van der Waals surface area contributed by atoms with Crippen LogP contribution in [-0.2, 0) is 0 Å². The van der Waals surface area contributed by atoms with Gasteiger partial charge in [0, 0.05) is 16.3 Å². The van der Waals surface area contributed by atoms with E-state index < -0.39 is 0 Å². The van der Waals surface area contributed by atoms with E-state index in [1.165, 1.54) is 5.56 Å². The van der Waals surface area contributed by atoms with Crippen LogP contribution in [0.25, 0.3) is 17.1 Å². The fraction of sp³-hybridized carbons (Fsp3) is 0.160. The van der Waals surface area contributed by atoms with E-state index in [0.29, 0.717) is 16.5 Å². The van der Waals surface area contributed by atoms with Gasteiger partial charge in [-0.1, -0.05) is 47.5 Å². The van der Waals surface area contributed by atoms with Gasteiger partial charge in [0.05, 0.1) is 5.69 Å². The molecular formula is C25H23ClN4O. The van der Waals surface area contributed by atoms with Crippen molar-refractivity contribution >= 4 is 23.2 Å². The van der Waals surface area contributed by atoms with Crippen LogP contribution < -0.4 is 5.32 Å². The second kappa shape index (κ2) is 8.36. The third-order valence-corrected chi connectivity index (χ3v) is 5.49. The van der Waals surface area contributed by atoms with E-state index in [-0.39, 0.29) is 11.7 Å². The number of hydrogen-bond acceptors (Lipinski definition) is 3. The van der Waals surface area contributed by atoms with Crippen LogP contribution in [0.3, 0.4) is 0 Å². The summed E-state index contributed by atoms with van der Waals surface area (Å²) in [6, 6.07) is 19.3. The molecule has 31 heavy (non-hydrogen) atoms. The molecule has 156 valence electrons. The minimum Gasteiger partial charge on any atom is -0.319 e. The molecule has 6 heteroatoms. The molecular weight excluding hydrogens is 408 g/mol. The van der Waals surface area contributed by atoms with Crippen molar-refractivity contribution in [1.29, 1.82) is 0 Å². The number of carbonyl (C=O) groups is 1. The van der Waals surface area contributed by atoms with Gasteiger partial charge in [0.25, 0.3) is 5.91 Å². The number of hydrogen-bond donors (Lipinski definition) is 1. The van der Waals surface area contributed by atoms with Crippen molar-refractivity contribution < 1.29 is 4.79 Å². The molecule has 4 rings (SSSR count). The van der Waals surface area contributed by atoms with Gasteiger partial charge in [0.1, 0.15) is 0 Å². The molecule has 1 N–H and O–H groups in total. The molecule has 0 fully saturated rings. The fourth-order valence-electron chi connectivity index (χ4n) is 3.36. The summed E-state index contributed by atoms with van der Waals surface area (Å²) in [7, 11) is 0.